The number of alkyl halides is 3. The maximum Gasteiger partial charge on any atom is 0.416 e. The second kappa shape index (κ2) is 5.54. The van der Waals surface area contributed by atoms with Gasteiger partial charge in [-0.15, -0.1) is 11.3 Å². The van der Waals surface area contributed by atoms with Crippen LogP contribution in [0.3, 0.4) is 0 Å². The number of benzene rings is 1. The Labute approximate surface area is 107 Å². The Balaban J connectivity index is 1.93. The molecule has 0 aliphatic heterocycles. The van der Waals surface area contributed by atoms with Gasteiger partial charge in [0.25, 0.3) is 0 Å². The second-order valence-electron chi connectivity index (χ2n) is 3.97. The molecule has 1 aromatic carbocycles. The third kappa shape index (κ3) is 3.58. The number of hydrogen-bond acceptors (Lipinski definition) is 1. The minimum absolute atomic E-state index is 0.557. The highest BCUT2D eigenvalue weighted by atomic mass is 32.1. The van der Waals surface area contributed by atoms with Crippen LogP contribution in [0.25, 0.3) is 0 Å². The fourth-order valence-corrected chi connectivity index (χ4v) is 2.39. The first-order chi connectivity index (χ1) is 8.55. The molecule has 0 bridgehead atoms. The van der Waals surface area contributed by atoms with E-state index in [-0.39, 0.29) is 0 Å². The van der Waals surface area contributed by atoms with Crippen molar-refractivity contribution in [2.24, 2.45) is 0 Å². The molecule has 0 saturated carbocycles. The zero-order chi connectivity index (χ0) is 13.0. The summed E-state index contributed by atoms with van der Waals surface area (Å²) in [7, 11) is 0. The predicted molar refractivity (Wildman–Crippen MR) is 65.1 cm³/mol. The van der Waals surface area contributed by atoms with Gasteiger partial charge in [-0.3, -0.25) is 0 Å². The van der Waals surface area contributed by atoms with Crippen LogP contribution in [-0.2, 0) is 19.3 Å². The lowest BCUT2D eigenvalue weighted by Gasteiger charge is -2.08. The fourth-order valence-electron chi connectivity index (χ4n) is 1.68. The molecule has 0 fully saturated rings. The summed E-state index contributed by atoms with van der Waals surface area (Å²) < 4.78 is 37.5. The highest BCUT2D eigenvalue weighted by molar-refractivity contribution is 7.09. The largest absolute Gasteiger partial charge is 0.416 e. The Bertz CT molecular complexity index is 491. The first-order valence-corrected chi connectivity index (χ1v) is 6.44. The monoisotopic (exact) mass is 272 g/mol. The molecule has 1 aromatic heterocycles. The van der Waals surface area contributed by atoms with Crippen molar-refractivity contribution in [3.63, 3.8) is 0 Å². The van der Waals surface area contributed by atoms with Crippen molar-refractivity contribution in [3.05, 3.63) is 57.8 Å². The van der Waals surface area contributed by atoms with Crippen LogP contribution in [0.15, 0.2) is 41.8 Å². The smallest absolute Gasteiger partial charge is 0.338 e. The lowest BCUT2D eigenvalue weighted by Crippen LogP contribution is -2.80. The third-order valence-electron chi connectivity index (χ3n) is 2.56. The van der Waals surface area contributed by atoms with Gasteiger partial charge in [-0.1, -0.05) is 18.2 Å². The molecular formula is C13H13F3NS+. The molecule has 0 amide bonds. The van der Waals surface area contributed by atoms with Crippen molar-refractivity contribution in [1.82, 2.24) is 0 Å². The van der Waals surface area contributed by atoms with Gasteiger partial charge in [0.1, 0.15) is 13.1 Å². The third-order valence-corrected chi connectivity index (χ3v) is 3.46. The van der Waals surface area contributed by atoms with Crippen molar-refractivity contribution >= 4 is 11.3 Å². The Hall–Kier alpha value is -1.33. The van der Waals surface area contributed by atoms with Crippen molar-refractivity contribution in [2.45, 2.75) is 19.3 Å². The van der Waals surface area contributed by atoms with Gasteiger partial charge in [0.05, 0.1) is 10.4 Å². The summed E-state index contributed by atoms with van der Waals surface area (Å²) in [5.41, 5.74) is 0.117. The first-order valence-electron chi connectivity index (χ1n) is 5.56. The average Bonchev–Trinajstić information content (AvgIpc) is 2.81. The Morgan fingerprint density at radius 3 is 2.56 bits per heavy atom. The summed E-state index contributed by atoms with van der Waals surface area (Å²) >= 11 is 1.65. The quantitative estimate of drug-likeness (QED) is 0.881. The molecule has 0 aliphatic rings. The number of thiophene rings is 1. The van der Waals surface area contributed by atoms with Gasteiger partial charge in [-0.2, -0.15) is 13.2 Å². The molecule has 0 unspecified atom stereocenters. The first kappa shape index (κ1) is 13.1. The zero-order valence-corrected chi connectivity index (χ0v) is 10.4. The van der Waals surface area contributed by atoms with Crippen LogP contribution in [-0.4, -0.2) is 0 Å². The average molecular weight is 272 g/mol. The van der Waals surface area contributed by atoms with E-state index in [0.29, 0.717) is 12.1 Å². The van der Waals surface area contributed by atoms with Gasteiger partial charge in [0.15, 0.2) is 0 Å². The van der Waals surface area contributed by atoms with Crippen LogP contribution in [0.1, 0.15) is 16.0 Å². The van der Waals surface area contributed by atoms with Gasteiger partial charge < -0.3 is 5.32 Å². The Kier molecular flexibility index (Phi) is 4.04. The van der Waals surface area contributed by atoms with Crippen LogP contribution in [0.5, 0.6) is 0 Å². The van der Waals surface area contributed by atoms with Crippen molar-refractivity contribution in [3.8, 4) is 0 Å². The van der Waals surface area contributed by atoms with E-state index in [2.05, 4.69) is 0 Å². The molecule has 0 radical (unpaired) electrons. The summed E-state index contributed by atoms with van der Waals surface area (Å²) in [6, 6.07) is 9.48. The SMILES string of the molecule is FC(F)(F)c1cccc(C[NH2+]Cc2cccs2)c1. The van der Waals surface area contributed by atoms with E-state index < -0.39 is 11.7 Å². The van der Waals surface area contributed by atoms with E-state index in [1.54, 1.807) is 17.4 Å². The summed E-state index contributed by atoms with van der Waals surface area (Å²) in [5.74, 6) is 0. The molecule has 1 nitrogen and oxygen atoms in total. The van der Waals surface area contributed by atoms with Crippen molar-refractivity contribution in [2.75, 3.05) is 0 Å². The topological polar surface area (TPSA) is 16.6 Å². The molecule has 0 spiro atoms. The molecule has 0 saturated heterocycles. The Morgan fingerprint density at radius 1 is 1.06 bits per heavy atom. The molecule has 2 N–H and O–H groups in total. The molecule has 1 heterocycles. The second-order valence-corrected chi connectivity index (χ2v) is 5.01. The van der Waals surface area contributed by atoms with E-state index in [4.69, 9.17) is 0 Å². The standard InChI is InChI=1S/C13H12F3NS/c14-13(15,16)11-4-1-3-10(7-11)8-17-9-12-5-2-6-18-12/h1-7,17H,8-9H2/p+1. The van der Waals surface area contributed by atoms with Gasteiger partial charge in [-0.05, 0) is 23.6 Å². The highest BCUT2D eigenvalue weighted by Crippen LogP contribution is 2.29. The van der Waals surface area contributed by atoms with Crippen LogP contribution in [0.4, 0.5) is 13.2 Å². The zero-order valence-electron chi connectivity index (χ0n) is 9.58. The van der Waals surface area contributed by atoms with E-state index in [1.807, 2.05) is 22.8 Å². The lowest BCUT2D eigenvalue weighted by atomic mass is 10.1. The van der Waals surface area contributed by atoms with E-state index in [1.165, 1.54) is 17.0 Å². The molecule has 0 aliphatic carbocycles. The van der Waals surface area contributed by atoms with Crippen LogP contribution in [0.2, 0.25) is 0 Å². The number of nitrogens with two attached hydrogens (primary N) is 1. The fraction of sp³-hybridized carbons (Fsp3) is 0.231. The normalized spacial score (nSPS) is 11.7. The molecule has 2 rings (SSSR count). The molecule has 5 heteroatoms. The summed E-state index contributed by atoms with van der Waals surface area (Å²) in [6.45, 7) is 1.36. The number of halogens is 3. The van der Waals surface area contributed by atoms with E-state index in [0.717, 1.165) is 12.6 Å². The lowest BCUT2D eigenvalue weighted by molar-refractivity contribution is -0.685. The molecular weight excluding hydrogens is 259 g/mol. The summed E-state index contributed by atoms with van der Waals surface area (Å²) in [6.07, 6.45) is -4.26. The van der Waals surface area contributed by atoms with E-state index >= 15 is 0 Å². The molecule has 0 atom stereocenters. The predicted octanol–water partition coefficient (Wildman–Crippen LogP) is 3.03. The van der Waals surface area contributed by atoms with Crippen LogP contribution < -0.4 is 5.32 Å². The number of hydrogen-bond donors (Lipinski definition) is 1. The maximum atomic E-state index is 12.5. The van der Waals surface area contributed by atoms with Gasteiger partial charge in [0.2, 0.25) is 0 Å². The minimum atomic E-state index is -4.26. The molecule has 2 aromatic rings. The number of rotatable bonds is 4. The minimum Gasteiger partial charge on any atom is -0.338 e. The molecule has 18 heavy (non-hydrogen) atoms. The number of quaternary nitrogens is 1. The summed E-state index contributed by atoms with van der Waals surface area (Å²) in [5, 5.41) is 3.99. The summed E-state index contributed by atoms with van der Waals surface area (Å²) in [4.78, 5) is 1.22. The molecule has 96 valence electrons. The van der Waals surface area contributed by atoms with Gasteiger partial charge >= 0.3 is 6.18 Å². The highest BCUT2D eigenvalue weighted by Gasteiger charge is 2.30. The van der Waals surface area contributed by atoms with E-state index in [9.17, 15) is 13.2 Å². The van der Waals surface area contributed by atoms with Gasteiger partial charge in [0, 0.05) is 5.56 Å². The van der Waals surface area contributed by atoms with Crippen molar-refractivity contribution < 1.29 is 18.5 Å². The maximum absolute atomic E-state index is 12.5. The van der Waals surface area contributed by atoms with Crippen LogP contribution in [0, 0.1) is 0 Å². The van der Waals surface area contributed by atoms with Crippen molar-refractivity contribution in [1.29, 1.82) is 0 Å². The van der Waals surface area contributed by atoms with Gasteiger partial charge in [-0.25, -0.2) is 0 Å². The Morgan fingerprint density at radius 2 is 1.89 bits per heavy atom. The van der Waals surface area contributed by atoms with Crippen LogP contribution >= 0.6 is 11.3 Å².